The lowest BCUT2D eigenvalue weighted by Crippen LogP contribution is -2.26. The van der Waals surface area contributed by atoms with E-state index in [0.29, 0.717) is 24.0 Å². The minimum atomic E-state index is -0.419. The van der Waals surface area contributed by atoms with E-state index in [0.717, 1.165) is 4.88 Å². The molecule has 0 aliphatic rings. The van der Waals surface area contributed by atoms with Gasteiger partial charge in [-0.15, -0.1) is 11.3 Å². The van der Waals surface area contributed by atoms with Gasteiger partial charge in [-0.05, 0) is 6.92 Å². The molecular weight excluding hydrogens is 256 g/mol. The number of thiazole rings is 1. The molecule has 0 saturated heterocycles. The van der Waals surface area contributed by atoms with Crippen molar-refractivity contribution in [3.05, 3.63) is 10.6 Å². The summed E-state index contributed by atoms with van der Waals surface area (Å²) >= 11 is 1.41. The molecule has 0 radical (unpaired) electrons. The average Bonchev–Trinajstić information content (AvgIpc) is 2.74. The van der Waals surface area contributed by atoms with Crippen LogP contribution in [0.3, 0.4) is 0 Å². The standard InChI is InChI=1S/C11H18N2O4S/c1-7-9(10(14)17-4)13-11(18-7)12-5-8(16-3)6-15-2/h8H,5-6H2,1-4H3,(H,12,13). The van der Waals surface area contributed by atoms with E-state index < -0.39 is 5.97 Å². The van der Waals surface area contributed by atoms with Crippen molar-refractivity contribution in [3.63, 3.8) is 0 Å². The summed E-state index contributed by atoms with van der Waals surface area (Å²) in [6, 6.07) is 0. The predicted octanol–water partition coefficient (Wildman–Crippen LogP) is 1.31. The first kappa shape index (κ1) is 14.9. The number of hydrogen-bond acceptors (Lipinski definition) is 7. The lowest BCUT2D eigenvalue weighted by Gasteiger charge is -2.14. The zero-order valence-electron chi connectivity index (χ0n) is 11.0. The minimum Gasteiger partial charge on any atom is -0.464 e. The number of ether oxygens (including phenoxy) is 3. The largest absolute Gasteiger partial charge is 0.464 e. The van der Waals surface area contributed by atoms with Crippen LogP contribution in [0.1, 0.15) is 15.4 Å². The number of hydrogen-bond donors (Lipinski definition) is 1. The molecule has 0 aliphatic carbocycles. The number of methoxy groups -OCH3 is 3. The molecule has 0 bridgehead atoms. The van der Waals surface area contributed by atoms with Crippen molar-refractivity contribution >= 4 is 22.4 Å². The van der Waals surface area contributed by atoms with Crippen molar-refractivity contribution in [1.29, 1.82) is 0 Å². The highest BCUT2D eigenvalue weighted by atomic mass is 32.1. The van der Waals surface area contributed by atoms with E-state index >= 15 is 0 Å². The zero-order chi connectivity index (χ0) is 13.5. The molecular formula is C11H18N2O4S. The maximum absolute atomic E-state index is 11.4. The van der Waals surface area contributed by atoms with Gasteiger partial charge in [0, 0.05) is 25.6 Å². The van der Waals surface area contributed by atoms with Crippen molar-refractivity contribution in [1.82, 2.24) is 4.98 Å². The maximum atomic E-state index is 11.4. The summed E-state index contributed by atoms with van der Waals surface area (Å²) in [5.74, 6) is -0.419. The van der Waals surface area contributed by atoms with Crippen molar-refractivity contribution in [2.75, 3.05) is 39.8 Å². The number of nitrogens with one attached hydrogen (secondary N) is 1. The number of carbonyl (C=O) groups excluding carboxylic acids is 1. The molecule has 0 aliphatic heterocycles. The summed E-state index contributed by atoms with van der Waals surface area (Å²) in [4.78, 5) is 16.4. The molecule has 18 heavy (non-hydrogen) atoms. The molecule has 0 spiro atoms. The van der Waals surface area contributed by atoms with Crippen LogP contribution in [0, 0.1) is 6.92 Å². The fourth-order valence-corrected chi connectivity index (χ4v) is 2.16. The fraction of sp³-hybridized carbons (Fsp3) is 0.636. The minimum absolute atomic E-state index is 0.0548. The number of aromatic nitrogens is 1. The van der Waals surface area contributed by atoms with Crippen molar-refractivity contribution in [2.24, 2.45) is 0 Å². The Labute approximate surface area is 110 Å². The highest BCUT2D eigenvalue weighted by molar-refractivity contribution is 7.15. The van der Waals surface area contributed by atoms with Crippen LogP contribution in [0.2, 0.25) is 0 Å². The van der Waals surface area contributed by atoms with Crippen molar-refractivity contribution in [3.8, 4) is 0 Å². The second-order valence-corrected chi connectivity index (χ2v) is 4.81. The summed E-state index contributed by atoms with van der Waals surface area (Å²) in [5.41, 5.74) is 0.353. The van der Waals surface area contributed by atoms with Gasteiger partial charge in [0.05, 0.1) is 19.8 Å². The number of aryl methyl sites for hydroxylation is 1. The Morgan fingerprint density at radius 3 is 2.72 bits per heavy atom. The van der Waals surface area contributed by atoms with Gasteiger partial charge in [0.2, 0.25) is 0 Å². The van der Waals surface area contributed by atoms with E-state index in [1.54, 1.807) is 14.2 Å². The Morgan fingerprint density at radius 1 is 1.44 bits per heavy atom. The van der Waals surface area contributed by atoms with Gasteiger partial charge in [-0.25, -0.2) is 9.78 Å². The van der Waals surface area contributed by atoms with Crippen LogP contribution in [0.25, 0.3) is 0 Å². The quantitative estimate of drug-likeness (QED) is 0.756. The third-order valence-corrected chi connectivity index (χ3v) is 3.27. The summed E-state index contributed by atoms with van der Waals surface area (Å²) in [5, 5.41) is 3.79. The van der Waals surface area contributed by atoms with E-state index in [-0.39, 0.29) is 6.10 Å². The van der Waals surface area contributed by atoms with E-state index in [4.69, 9.17) is 9.47 Å². The summed E-state index contributed by atoms with van der Waals surface area (Å²) < 4.78 is 14.9. The third-order valence-electron chi connectivity index (χ3n) is 2.34. The number of esters is 1. The van der Waals surface area contributed by atoms with Crippen LogP contribution in [-0.4, -0.2) is 51.5 Å². The van der Waals surface area contributed by atoms with Gasteiger partial charge in [-0.3, -0.25) is 0 Å². The topological polar surface area (TPSA) is 69.7 Å². The third kappa shape index (κ3) is 3.94. The molecule has 0 fully saturated rings. The van der Waals surface area contributed by atoms with Crippen LogP contribution < -0.4 is 5.32 Å². The molecule has 1 atom stereocenters. The van der Waals surface area contributed by atoms with Gasteiger partial charge >= 0.3 is 5.97 Å². The van der Waals surface area contributed by atoms with Gasteiger partial charge in [0.1, 0.15) is 0 Å². The predicted molar refractivity (Wildman–Crippen MR) is 69.4 cm³/mol. The first-order valence-electron chi connectivity index (χ1n) is 5.43. The molecule has 7 heteroatoms. The summed E-state index contributed by atoms with van der Waals surface area (Å²) in [6.07, 6.45) is -0.0548. The van der Waals surface area contributed by atoms with E-state index in [2.05, 4.69) is 15.0 Å². The highest BCUT2D eigenvalue weighted by Crippen LogP contribution is 2.22. The Hall–Kier alpha value is -1.18. The second-order valence-electron chi connectivity index (χ2n) is 3.61. The second kappa shape index (κ2) is 7.30. The summed E-state index contributed by atoms with van der Waals surface area (Å²) in [6.45, 7) is 2.90. The number of anilines is 1. The molecule has 0 amide bonds. The van der Waals surface area contributed by atoms with Gasteiger partial charge in [-0.2, -0.15) is 0 Å². The van der Waals surface area contributed by atoms with Crippen LogP contribution in [0.5, 0.6) is 0 Å². The summed E-state index contributed by atoms with van der Waals surface area (Å²) in [7, 11) is 4.58. The van der Waals surface area contributed by atoms with E-state index in [9.17, 15) is 4.79 Å². The molecule has 1 heterocycles. The lowest BCUT2D eigenvalue weighted by atomic mass is 10.4. The molecule has 1 N–H and O–H groups in total. The van der Waals surface area contributed by atoms with Gasteiger partial charge in [0.25, 0.3) is 0 Å². The molecule has 1 aromatic heterocycles. The number of nitrogens with zero attached hydrogens (tertiary/aromatic N) is 1. The molecule has 102 valence electrons. The van der Waals surface area contributed by atoms with Crippen LogP contribution >= 0.6 is 11.3 Å². The Morgan fingerprint density at radius 2 is 2.17 bits per heavy atom. The van der Waals surface area contributed by atoms with Gasteiger partial charge in [-0.1, -0.05) is 0 Å². The highest BCUT2D eigenvalue weighted by Gasteiger charge is 2.16. The lowest BCUT2D eigenvalue weighted by molar-refractivity contribution is 0.0365. The van der Waals surface area contributed by atoms with E-state index in [1.165, 1.54) is 18.4 Å². The molecule has 1 aromatic rings. The molecule has 6 nitrogen and oxygen atoms in total. The van der Waals surface area contributed by atoms with Crippen LogP contribution in [-0.2, 0) is 14.2 Å². The normalized spacial score (nSPS) is 12.2. The maximum Gasteiger partial charge on any atom is 0.357 e. The molecule has 1 unspecified atom stereocenters. The number of carbonyl (C=O) groups is 1. The Bertz CT molecular complexity index is 394. The van der Waals surface area contributed by atoms with Crippen molar-refractivity contribution in [2.45, 2.75) is 13.0 Å². The first-order valence-corrected chi connectivity index (χ1v) is 6.25. The van der Waals surface area contributed by atoms with Crippen molar-refractivity contribution < 1.29 is 19.0 Å². The fourth-order valence-electron chi connectivity index (χ4n) is 1.36. The molecule has 1 rings (SSSR count). The van der Waals surface area contributed by atoms with Gasteiger partial charge < -0.3 is 19.5 Å². The van der Waals surface area contributed by atoms with Crippen LogP contribution in [0.15, 0.2) is 0 Å². The molecule has 0 aromatic carbocycles. The average molecular weight is 274 g/mol. The Balaban J connectivity index is 2.60. The monoisotopic (exact) mass is 274 g/mol. The van der Waals surface area contributed by atoms with Crippen LogP contribution in [0.4, 0.5) is 5.13 Å². The smallest absolute Gasteiger partial charge is 0.357 e. The molecule has 0 saturated carbocycles. The van der Waals surface area contributed by atoms with E-state index in [1.807, 2.05) is 6.92 Å². The van der Waals surface area contributed by atoms with Gasteiger partial charge in [0.15, 0.2) is 10.8 Å². The Kier molecular flexibility index (Phi) is 6.03. The zero-order valence-corrected chi connectivity index (χ0v) is 11.8. The SMILES string of the molecule is COCC(CNc1nc(C(=O)OC)c(C)s1)OC. The number of rotatable bonds is 7. The first-order chi connectivity index (χ1) is 8.62.